The van der Waals surface area contributed by atoms with Crippen molar-refractivity contribution in [1.82, 2.24) is 0 Å². The second kappa shape index (κ2) is 3.92. The zero-order chi connectivity index (χ0) is 9.14. The third-order valence-corrected chi connectivity index (χ3v) is 2.35. The molecule has 0 saturated carbocycles. The van der Waals surface area contributed by atoms with E-state index in [1.807, 2.05) is 12.2 Å². The molecule has 0 aromatic carbocycles. The van der Waals surface area contributed by atoms with Gasteiger partial charge >= 0.3 is 0 Å². The van der Waals surface area contributed by atoms with Crippen LogP contribution in [0.15, 0.2) is 23.1 Å². The molecule has 0 aromatic heterocycles. The van der Waals surface area contributed by atoms with Gasteiger partial charge in [0.25, 0.3) is 0 Å². The number of hydrogen-bond donors (Lipinski definition) is 2. The minimum atomic E-state index is -0.892. The van der Waals surface area contributed by atoms with Gasteiger partial charge in [0.15, 0.2) is 5.78 Å². The Balaban J connectivity index is 2.71. The van der Waals surface area contributed by atoms with E-state index in [0.717, 1.165) is 4.91 Å². The fraction of sp³-hybridized carbons (Fsp3) is 0.444. The van der Waals surface area contributed by atoms with Crippen LogP contribution in [0.3, 0.4) is 0 Å². The minimum absolute atomic E-state index is 0.152. The molecule has 2 unspecified atom stereocenters. The Hall–Kier alpha value is -0.540. The van der Waals surface area contributed by atoms with Crippen LogP contribution in [0.5, 0.6) is 0 Å². The molecular weight excluding hydrogens is 172 g/mol. The largest absolute Gasteiger partial charge is 0.386 e. The summed E-state index contributed by atoms with van der Waals surface area (Å²) in [6.45, 7) is 1.49. The Morgan fingerprint density at radius 1 is 1.83 bits per heavy atom. The van der Waals surface area contributed by atoms with Gasteiger partial charge in [-0.15, -0.1) is 12.6 Å². The number of hydrogen-bond acceptors (Lipinski definition) is 3. The lowest BCUT2D eigenvalue weighted by molar-refractivity contribution is -0.128. The van der Waals surface area contributed by atoms with E-state index in [4.69, 9.17) is 5.11 Å². The zero-order valence-corrected chi connectivity index (χ0v) is 7.79. The number of ketones is 1. The van der Waals surface area contributed by atoms with Crippen molar-refractivity contribution in [3.63, 3.8) is 0 Å². The van der Waals surface area contributed by atoms with Crippen molar-refractivity contribution in [2.24, 2.45) is 5.92 Å². The van der Waals surface area contributed by atoms with Crippen LogP contribution in [0, 0.1) is 5.92 Å². The van der Waals surface area contributed by atoms with Crippen molar-refractivity contribution in [3.8, 4) is 0 Å². The first-order chi connectivity index (χ1) is 5.63. The molecule has 0 amide bonds. The van der Waals surface area contributed by atoms with Gasteiger partial charge in [0.05, 0.1) is 5.92 Å². The van der Waals surface area contributed by atoms with Crippen molar-refractivity contribution in [3.05, 3.63) is 23.1 Å². The summed E-state index contributed by atoms with van der Waals surface area (Å²) >= 11 is 4.17. The predicted octanol–water partition coefficient (Wildman–Crippen LogP) is 1.33. The number of aliphatic hydroxyl groups is 1. The molecule has 2 nitrogen and oxygen atoms in total. The van der Waals surface area contributed by atoms with Gasteiger partial charge < -0.3 is 5.11 Å². The van der Waals surface area contributed by atoms with Gasteiger partial charge in [0.2, 0.25) is 0 Å². The number of carbonyl (C=O) groups is 1. The molecule has 1 N–H and O–H groups in total. The van der Waals surface area contributed by atoms with Gasteiger partial charge in [-0.2, -0.15) is 0 Å². The van der Waals surface area contributed by atoms with Crippen LogP contribution in [0.2, 0.25) is 0 Å². The maximum Gasteiger partial charge on any atom is 0.169 e. The predicted molar refractivity (Wildman–Crippen MR) is 51.0 cm³/mol. The smallest absolute Gasteiger partial charge is 0.169 e. The SMILES string of the molecule is CC(O)C(=O)C1CC=CC=C1S. The van der Waals surface area contributed by atoms with Crippen LogP contribution in [0.4, 0.5) is 0 Å². The molecule has 0 fully saturated rings. The maximum absolute atomic E-state index is 11.3. The number of aliphatic hydroxyl groups excluding tert-OH is 1. The zero-order valence-electron chi connectivity index (χ0n) is 6.90. The number of Topliss-reactive ketones (excluding diaryl/α,β-unsaturated/α-hetero) is 1. The number of rotatable bonds is 2. The molecular formula is C9H12O2S. The first-order valence-corrected chi connectivity index (χ1v) is 4.35. The summed E-state index contributed by atoms with van der Waals surface area (Å²) in [7, 11) is 0. The Kier molecular flexibility index (Phi) is 3.12. The monoisotopic (exact) mass is 184 g/mol. The number of allylic oxidation sites excluding steroid dienone is 4. The van der Waals surface area contributed by atoms with Crippen LogP contribution < -0.4 is 0 Å². The summed E-state index contributed by atoms with van der Waals surface area (Å²) in [5, 5.41) is 9.06. The second-order valence-electron chi connectivity index (χ2n) is 2.89. The Bertz CT molecular complexity index is 241. The van der Waals surface area contributed by atoms with Gasteiger partial charge in [-0.25, -0.2) is 0 Å². The number of carbonyl (C=O) groups excluding carboxylic acids is 1. The maximum atomic E-state index is 11.3. The number of thiol groups is 1. The van der Waals surface area contributed by atoms with Crippen LogP contribution in [-0.4, -0.2) is 17.0 Å². The van der Waals surface area contributed by atoms with Gasteiger partial charge in [-0.1, -0.05) is 18.2 Å². The molecule has 0 heterocycles. The van der Waals surface area contributed by atoms with Crippen LogP contribution in [0.1, 0.15) is 13.3 Å². The molecule has 1 rings (SSSR count). The fourth-order valence-corrected chi connectivity index (χ4v) is 1.49. The normalized spacial score (nSPS) is 24.9. The van der Waals surface area contributed by atoms with E-state index in [9.17, 15) is 4.79 Å². The van der Waals surface area contributed by atoms with E-state index in [0.29, 0.717) is 6.42 Å². The van der Waals surface area contributed by atoms with Gasteiger partial charge in [0.1, 0.15) is 6.10 Å². The van der Waals surface area contributed by atoms with Crippen molar-refractivity contribution in [2.45, 2.75) is 19.4 Å². The Morgan fingerprint density at radius 2 is 2.50 bits per heavy atom. The summed E-state index contributed by atoms with van der Waals surface area (Å²) in [6, 6.07) is 0. The van der Waals surface area contributed by atoms with Crippen molar-refractivity contribution in [2.75, 3.05) is 0 Å². The molecule has 0 saturated heterocycles. The standard InChI is InChI=1S/C9H12O2S/c1-6(10)9(11)7-4-2-3-5-8(7)12/h2-3,5-7,10,12H,4H2,1H3. The molecule has 2 atom stereocenters. The molecule has 3 heteroatoms. The molecule has 0 spiro atoms. The highest BCUT2D eigenvalue weighted by Crippen LogP contribution is 2.25. The molecule has 0 bridgehead atoms. The third-order valence-electron chi connectivity index (χ3n) is 1.89. The average molecular weight is 184 g/mol. The van der Waals surface area contributed by atoms with Gasteiger partial charge in [0, 0.05) is 0 Å². The minimum Gasteiger partial charge on any atom is -0.386 e. The summed E-state index contributed by atoms with van der Waals surface area (Å²) in [5.74, 6) is -0.390. The van der Waals surface area contributed by atoms with Gasteiger partial charge in [-0.05, 0) is 18.2 Å². The molecule has 1 aliphatic rings. The summed E-state index contributed by atoms with van der Waals surface area (Å²) < 4.78 is 0. The highest BCUT2D eigenvalue weighted by Gasteiger charge is 2.24. The first kappa shape index (κ1) is 9.55. The lowest BCUT2D eigenvalue weighted by atomic mass is 9.93. The quantitative estimate of drug-likeness (QED) is 0.635. The second-order valence-corrected chi connectivity index (χ2v) is 3.40. The van der Waals surface area contributed by atoms with E-state index in [-0.39, 0.29) is 11.7 Å². The Labute approximate surface area is 77.4 Å². The molecule has 0 radical (unpaired) electrons. The molecule has 12 heavy (non-hydrogen) atoms. The van der Waals surface area contributed by atoms with Crippen molar-refractivity contribution < 1.29 is 9.90 Å². The highest BCUT2D eigenvalue weighted by molar-refractivity contribution is 7.84. The van der Waals surface area contributed by atoms with E-state index in [1.165, 1.54) is 6.92 Å². The lowest BCUT2D eigenvalue weighted by Crippen LogP contribution is -2.26. The topological polar surface area (TPSA) is 37.3 Å². The van der Waals surface area contributed by atoms with E-state index >= 15 is 0 Å². The van der Waals surface area contributed by atoms with E-state index in [2.05, 4.69) is 12.6 Å². The van der Waals surface area contributed by atoms with Crippen molar-refractivity contribution >= 4 is 18.4 Å². The lowest BCUT2D eigenvalue weighted by Gasteiger charge is -2.17. The first-order valence-electron chi connectivity index (χ1n) is 3.90. The van der Waals surface area contributed by atoms with Crippen LogP contribution >= 0.6 is 12.6 Å². The van der Waals surface area contributed by atoms with Crippen molar-refractivity contribution in [1.29, 1.82) is 0 Å². The molecule has 66 valence electrons. The third kappa shape index (κ3) is 1.99. The van der Waals surface area contributed by atoms with E-state index in [1.54, 1.807) is 6.08 Å². The van der Waals surface area contributed by atoms with E-state index < -0.39 is 6.10 Å². The van der Waals surface area contributed by atoms with Crippen LogP contribution in [-0.2, 0) is 4.79 Å². The summed E-state index contributed by atoms with van der Waals surface area (Å²) in [4.78, 5) is 12.1. The Morgan fingerprint density at radius 3 is 3.00 bits per heavy atom. The summed E-state index contributed by atoms with van der Waals surface area (Å²) in [5.41, 5.74) is 0. The average Bonchev–Trinajstić information content (AvgIpc) is 2.04. The van der Waals surface area contributed by atoms with Crippen LogP contribution in [0.25, 0.3) is 0 Å². The summed E-state index contributed by atoms with van der Waals surface area (Å²) in [6.07, 6.45) is 5.33. The molecule has 0 aromatic rings. The molecule has 1 aliphatic carbocycles. The highest BCUT2D eigenvalue weighted by atomic mass is 32.1. The van der Waals surface area contributed by atoms with Gasteiger partial charge in [-0.3, -0.25) is 4.79 Å². The fourth-order valence-electron chi connectivity index (χ4n) is 1.17. The molecule has 0 aliphatic heterocycles.